The van der Waals surface area contributed by atoms with E-state index in [1.165, 1.54) is 5.56 Å². The van der Waals surface area contributed by atoms with Gasteiger partial charge in [-0.1, -0.05) is 0 Å². The van der Waals surface area contributed by atoms with Crippen molar-refractivity contribution in [3.05, 3.63) is 30.1 Å². The van der Waals surface area contributed by atoms with E-state index in [-0.39, 0.29) is 11.8 Å². The SMILES string of the molecule is O=C(CCl)N1CCN(Cc2ccncc2)CC1. The van der Waals surface area contributed by atoms with Crippen molar-refractivity contribution in [1.82, 2.24) is 14.8 Å². The van der Waals surface area contributed by atoms with Crippen molar-refractivity contribution in [2.24, 2.45) is 0 Å². The fourth-order valence-corrected chi connectivity index (χ4v) is 2.16. The van der Waals surface area contributed by atoms with E-state index in [1.807, 2.05) is 29.4 Å². The third-order valence-electron chi connectivity index (χ3n) is 2.99. The first-order valence-corrected chi connectivity index (χ1v) is 6.28. The highest BCUT2D eigenvalue weighted by Crippen LogP contribution is 2.08. The summed E-state index contributed by atoms with van der Waals surface area (Å²) in [5.74, 6) is 0.125. The maximum absolute atomic E-state index is 11.4. The van der Waals surface area contributed by atoms with E-state index in [1.54, 1.807) is 0 Å². The van der Waals surface area contributed by atoms with Gasteiger partial charge in [-0.25, -0.2) is 0 Å². The summed E-state index contributed by atoms with van der Waals surface area (Å²) in [4.78, 5) is 19.6. The molecule has 2 rings (SSSR count). The average molecular weight is 254 g/mol. The normalized spacial score (nSPS) is 17.1. The summed E-state index contributed by atoms with van der Waals surface area (Å²) < 4.78 is 0. The first-order valence-electron chi connectivity index (χ1n) is 5.74. The van der Waals surface area contributed by atoms with Gasteiger partial charge in [0.05, 0.1) is 0 Å². The van der Waals surface area contributed by atoms with E-state index >= 15 is 0 Å². The molecular weight excluding hydrogens is 238 g/mol. The molecule has 0 unspecified atom stereocenters. The largest absolute Gasteiger partial charge is 0.339 e. The molecule has 0 spiro atoms. The smallest absolute Gasteiger partial charge is 0.237 e. The molecule has 0 aliphatic carbocycles. The molecule has 0 radical (unpaired) electrons. The number of alkyl halides is 1. The Labute approximate surface area is 106 Å². The van der Waals surface area contributed by atoms with Crippen molar-refractivity contribution in [3.63, 3.8) is 0 Å². The van der Waals surface area contributed by atoms with E-state index < -0.39 is 0 Å². The molecule has 92 valence electrons. The minimum atomic E-state index is 0.0372. The van der Waals surface area contributed by atoms with Crippen LogP contribution in [0.4, 0.5) is 0 Å². The Hall–Kier alpha value is -1.13. The second-order valence-corrected chi connectivity index (χ2v) is 4.41. The summed E-state index contributed by atoms with van der Waals surface area (Å²) in [5, 5.41) is 0. The summed E-state index contributed by atoms with van der Waals surface area (Å²) in [7, 11) is 0. The van der Waals surface area contributed by atoms with Crippen LogP contribution in [0.3, 0.4) is 0 Å². The molecule has 0 atom stereocenters. The Morgan fingerprint density at radius 2 is 1.88 bits per heavy atom. The van der Waals surface area contributed by atoms with Crippen molar-refractivity contribution in [2.75, 3.05) is 32.1 Å². The highest BCUT2D eigenvalue weighted by atomic mass is 35.5. The first-order chi connectivity index (χ1) is 8.29. The highest BCUT2D eigenvalue weighted by Gasteiger charge is 2.20. The van der Waals surface area contributed by atoms with Gasteiger partial charge in [-0.05, 0) is 17.7 Å². The molecule has 1 amide bonds. The van der Waals surface area contributed by atoms with Crippen LogP contribution in [0.2, 0.25) is 0 Å². The molecule has 5 heteroatoms. The van der Waals surface area contributed by atoms with Crippen molar-refractivity contribution in [1.29, 1.82) is 0 Å². The Morgan fingerprint density at radius 3 is 2.47 bits per heavy atom. The molecule has 17 heavy (non-hydrogen) atoms. The topological polar surface area (TPSA) is 36.4 Å². The first kappa shape index (κ1) is 12.3. The van der Waals surface area contributed by atoms with Crippen LogP contribution in [-0.2, 0) is 11.3 Å². The van der Waals surface area contributed by atoms with E-state index in [0.717, 1.165) is 32.7 Å². The van der Waals surface area contributed by atoms with Crippen LogP contribution in [0.25, 0.3) is 0 Å². The van der Waals surface area contributed by atoms with Crippen LogP contribution in [0.5, 0.6) is 0 Å². The van der Waals surface area contributed by atoms with Gasteiger partial charge in [-0.15, -0.1) is 11.6 Å². The van der Waals surface area contributed by atoms with Crippen LogP contribution in [-0.4, -0.2) is 52.8 Å². The predicted octanol–water partition coefficient (Wildman–Crippen LogP) is 0.965. The number of rotatable bonds is 3. The predicted molar refractivity (Wildman–Crippen MR) is 66.8 cm³/mol. The summed E-state index contributed by atoms with van der Waals surface area (Å²) in [6.07, 6.45) is 3.62. The fraction of sp³-hybridized carbons (Fsp3) is 0.500. The minimum Gasteiger partial charge on any atom is -0.339 e. The standard InChI is InChI=1S/C12H16ClN3O/c13-9-12(17)16-7-5-15(6-8-16)10-11-1-3-14-4-2-11/h1-4H,5-10H2. The molecule has 1 aromatic rings. The molecule has 0 N–H and O–H groups in total. The highest BCUT2D eigenvalue weighted by molar-refractivity contribution is 6.27. The fourth-order valence-electron chi connectivity index (χ4n) is 1.99. The zero-order chi connectivity index (χ0) is 12.1. The molecule has 2 heterocycles. The quantitative estimate of drug-likeness (QED) is 0.753. The molecule has 1 aromatic heterocycles. The van der Waals surface area contributed by atoms with Crippen LogP contribution in [0.1, 0.15) is 5.56 Å². The number of hydrogen-bond acceptors (Lipinski definition) is 3. The van der Waals surface area contributed by atoms with Gasteiger partial charge in [0.1, 0.15) is 5.88 Å². The lowest BCUT2D eigenvalue weighted by Gasteiger charge is -2.34. The number of pyridine rings is 1. The number of carbonyl (C=O) groups is 1. The lowest BCUT2D eigenvalue weighted by atomic mass is 10.2. The lowest BCUT2D eigenvalue weighted by molar-refractivity contribution is -0.130. The summed E-state index contributed by atoms with van der Waals surface area (Å²) >= 11 is 5.54. The second-order valence-electron chi connectivity index (χ2n) is 4.15. The third kappa shape index (κ3) is 3.41. The summed E-state index contributed by atoms with van der Waals surface area (Å²) in [6.45, 7) is 4.29. The Bertz CT molecular complexity index is 363. The maximum atomic E-state index is 11.4. The third-order valence-corrected chi connectivity index (χ3v) is 3.22. The van der Waals surface area contributed by atoms with Crippen LogP contribution in [0, 0.1) is 0 Å². The van der Waals surface area contributed by atoms with E-state index in [0.29, 0.717) is 0 Å². The molecule has 1 fully saturated rings. The molecule has 0 bridgehead atoms. The van der Waals surface area contributed by atoms with Gasteiger partial charge in [-0.2, -0.15) is 0 Å². The molecule has 4 nitrogen and oxygen atoms in total. The van der Waals surface area contributed by atoms with Gasteiger partial charge in [0, 0.05) is 45.1 Å². The Morgan fingerprint density at radius 1 is 1.24 bits per heavy atom. The van der Waals surface area contributed by atoms with Gasteiger partial charge in [0.2, 0.25) is 5.91 Å². The maximum Gasteiger partial charge on any atom is 0.237 e. The van der Waals surface area contributed by atoms with Crippen LogP contribution in [0.15, 0.2) is 24.5 Å². The van der Waals surface area contributed by atoms with Crippen LogP contribution < -0.4 is 0 Å². The summed E-state index contributed by atoms with van der Waals surface area (Å²) in [5.41, 5.74) is 1.26. The molecule has 1 aliphatic rings. The number of amides is 1. The van der Waals surface area contributed by atoms with E-state index in [4.69, 9.17) is 11.6 Å². The zero-order valence-corrected chi connectivity index (χ0v) is 10.4. The number of piperazine rings is 1. The monoisotopic (exact) mass is 253 g/mol. The van der Waals surface area contributed by atoms with Crippen molar-refractivity contribution >= 4 is 17.5 Å². The van der Waals surface area contributed by atoms with Gasteiger partial charge < -0.3 is 4.90 Å². The summed E-state index contributed by atoms with van der Waals surface area (Å²) in [6, 6.07) is 4.05. The van der Waals surface area contributed by atoms with Gasteiger partial charge in [-0.3, -0.25) is 14.7 Å². The van der Waals surface area contributed by atoms with E-state index in [2.05, 4.69) is 9.88 Å². The molecule has 0 saturated carbocycles. The number of nitrogens with zero attached hydrogens (tertiary/aromatic N) is 3. The number of aromatic nitrogens is 1. The number of halogens is 1. The second kappa shape index (κ2) is 5.98. The van der Waals surface area contributed by atoms with Crippen LogP contribution >= 0.6 is 11.6 Å². The van der Waals surface area contributed by atoms with Gasteiger partial charge >= 0.3 is 0 Å². The minimum absolute atomic E-state index is 0.0372. The van der Waals surface area contributed by atoms with E-state index in [9.17, 15) is 4.79 Å². The molecule has 1 aliphatic heterocycles. The van der Waals surface area contributed by atoms with Crippen molar-refractivity contribution in [2.45, 2.75) is 6.54 Å². The average Bonchev–Trinajstić information content (AvgIpc) is 2.40. The Kier molecular flexibility index (Phi) is 4.34. The Balaban J connectivity index is 1.82. The zero-order valence-electron chi connectivity index (χ0n) is 9.68. The molecular formula is C12H16ClN3O. The van der Waals surface area contributed by atoms with Crippen molar-refractivity contribution < 1.29 is 4.79 Å². The van der Waals surface area contributed by atoms with Gasteiger partial charge in [0.25, 0.3) is 0 Å². The lowest BCUT2D eigenvalue weighted by Crippen LogP contribution is -2.48. The molecule has 0 aromatic carbocycles. The number of hydrogen-bond donors (Lipinski definition) is 0. The van der Waals surface area contributed by atoms with Gasteiger partial charge in [0.15, 0.2) is 0 Å². The molecule has 1 saturated heterocycles. The number of carbonyl (C=O) groups excluding carboxylic acids is 1. The van der Waals surface area contributed by atoms with Crippen molar-refractivity contribution in [3.8, 4) is 0 Å².